The van der Waals surface area contributed by atoms with Gasteiger partial charge in [-0.1, -0.05) is 80.1 Å². The summed E-state index contributed by atoms with van der Waals surface area (Å²) in [6.45, 7) is 2.61. The lowest BCUT2D eigenvalue weighted by atomic mass is 10.1. The molecule has 0 radical (unpaired) electrons. The first kappa shape index (κ1) is 40.1. The Labute approximate surface area is 316 Å². The Balaban J connectivity index is 1.27. The van der Waals surface area contributed by atoms with Crippen molar-refractivity contribution in [2.24, 2.45) is 0 Å². The monoisotopic (exact) mass is 758 g/mol. The Morgan fingerprint density at radius 3 is 1.85 bits per heavy atom. The lowest BCUT2D eigenvalue weighted by molar-refractivity contribution is -0.497. The number of carbonyl (C=O) groups excluding carboxylic acids is 2. The summed E-state index contributed by atoms with van der Waals surface area (Å²) in [6.07, 6.45) is 6.67. The summed E-state index contributed by atoms with van der Waals surface area (Å²) in [6, 6.07) is 25.1. The normalized spacial score (nSPS) is 11.7. The second kappa shape index (κ2) is 20.4. The number of carbonyl (C=O) groups is 2. The van der Waals surface area contributed by atoms with E-state index in [0.717, 1.165) is 52.3 Å². The number of aryl methyl sites for hydroxylation is 1. The van der Waals surface area contributed by atoms with Gasteiger partial charge in [0.1, 0.15) is 19.0 Å². The molecule has 284 valence electrons. The average Bonchev–Trinajstić information content (AvgIpc) is 3.84. The quantitative estimate of drug-likeness (QED) is 0.0360. The molecule has 14 nitrogen and oxygen atoms in total. The summed E-state index contributed by atoms with van der Waals surface area (Å²) in [4.78, 5) is 41.4. The lowest BCUT2D eigenvalue weighted by Gasteiger charge is -2.13. The van der Waals surface area contributed by atoms with Crippen molar-refractivity contribution in [3.05, 3.63) is 152 Å². The van der Waals surface area contributed by atoms with Crippen molar-refractivity contribution in [2.75, 3.05) is 0 Å². The molecule has 4 N–H and O–H groups in total. The summed E-state index contributed by atoms with van der Waals surface area (Å²) < 4.78 is 13.4. The standard InChI is InChI=1S/C39H42N4O10S/c1-2-3-6-37-40-22-35(20-34(21-36-5-4-19-54-36)39(45)51-25-30-9-13-32(14-10-30)27-53-43(48)49)41(37)23-28-15-17-33(18-16-28)38(44)50-24-29-7-11-31(12-8-29)26-52-42(46)47/h4-5,7-20,22,46-49H,2-3,6,21,23-27H2,1H3/b34-20+. The predicted octanol–water partition coefficient (Wildman–Crippen LogP) is 7.09. The summed E-state index contributed by atoms with van der Waals surface area (Å²) in [5.74, 6) is -0.0449. The Morgan fingerprint density at radius 2 is 1.31 bits per heavy atom. The smallest absolute Gasteiger partial charge is 0.338 e. The van der Waals surface area contributed by atoms with E-state index in [-0.39, 0.29) is 37.2 Å². The number of rotatable bonds is 20. The predicted molar refractivity (Wildman–Crippen MR) is 195 cm³/mol. The number of ether oxygens (including phenoxy) is 2. The molecule has 2 aromatic heterocycles. The van der Waals surface area contributed by atoms with Crippen LogP contribution >= 0.6 is 11.3 Å². The zero-order chi connectivity index (χ0) is 38.3. The molecule has 0 saturated heterocycles. The maximum Gasteiger partial charge on any atom is 0.338 e. The van der Waals surface area contributed by atoms with Crippen LogP contribution in [0.1, 0.15) is 74.3 Å². The van der Waals surface area contributed by atoms with Crippen molar-refractivity contribution in [3.8, 4) is 0 Å². The van der Waals surface area contributed by atoms with Crippen molar-refractivity contribution in [1.82, 2.24) is 20.3 Å². The highest BCUT2D eigenvalue weighted by atomic mass is 32.1. The number of esters is 2. The first-order valence-electron chi connectivity index (χ1n) is 17.1. The Hall–Kier alpha value is -5.07. The fourth-order valence-electron chi connectivity index (χ4n) is 5.35. The van der Waals surface area contributed by atoms with Gasteiger partial charge in [-0.25, -0.2) is 24.2 Å². The molecule has 3 aromatic carbocycles. The van der Waals surface area contributed by atoms with E-state index >= 15 is 0 Å². The van der Waals surface area contributed by atoms with Crippen LogP contribution in [-0.4, -0.2) is 53.1 Å². The molecule has 2 heterocycles. The van der Waals surface area contributed by atoms with E-state index in [9.17, 15) is 9.59 Å². The molecule has 0 aliphatic carbocycles. The second-order valence-electron chi connectivity index (χ2n) is 12.2. The third-order valence-corrected chi connectivity index (χ3v) is 9.14. The highest BCUT2D eigenvalue weighted by Gasteiger charge is 2.17. The molecule has 0 spiro atoms. The highest BCUT2D eigenvalue weighted by Crippen LogP contribution is 2.22. The molecule has 5 rings (SSSR count). The number of thiophene rings is 1. The number of imidazole rings is 1. The average molecular weight is 759 g/mol. The minimum absolute atomic E-state index is 0.0344. The van der Waals surface area contributed by atoms with Crippen molar-refractivity contribution < 1.29 is 49.6 Å². The van der Waals surface area contributed by atoms with E-state index in [2.05, 4.69) is 21.2 Å². The van der Waals surface area contributed by atoms with Gasteiger partial charge in [-0.2, -0.15) is 0 Å². The molecular weight excluding hydrogens is 717 g/mol. The Morgan fingerprint density at radius 1 is 0.759 bits per heavy atom. The number of hydrogen-bond donors (Lipinski definition) is 4. The number of aromatic nitrogens is 2. The third kappa shape index (κ3) is 12.5. The van der Waals surface area contributed by atoms with Crippen LogP contribution in [0.2, 0.25) is 0 Å². The van der Waals surface area contributed by atoms with Crippen LogP contribution in [-0.2, 0) is 69.8 Å². The first-order chi connectivity index (χ1) is 26.2. The SMILES string of the molecule is CCCCc1ncc(/C=C(\Cc2cccs2)C(=O)OCc2ccc(CON(O)O)cc2)n1Cc1ccc(C(=O)OCc2ccc(CON(O)O)cc2)cc1. The van der Waals surface area contributed by atoms with Gasteiger partial charge in [0.15, 0.2) is 0 Å². The van der Waals surface area contributed by atoms with E-state index in [4.69, 9.17) is 35.3 Å². The molecule has 0 aliphatic heterocycles. The van der Waals surface area contributed by atoms with Crippen molar-refractivity contribution in [3.63, 3.8) is 0 Å². The van der Waals surface area contributed by atoms with Gasteiger partial charge in [-0.3, -0.25) is 20.8 Å². The minimum Gasteiger partial charge on any atom is -0.457 e. The topological polar surface area (TPSA) is 176 Å². The fraction of sp³-hybridized carbons (Fsp3) is 0.256. The summed E-state index contributed by atoms with van der Waals surface area (Å²) >= 11 is 1.55. The Kier molecular flexibility index (Phi) is 15.2. The molecule has 15 heteroatoms. The van der Waals surface area contributed by atoms with Crippen LogP contribution in [0.15, 0.2) is 102 Å². The van der Waals surface area contributed by atoms with Gasteiger partial charge in [0.25, 0.3) is 0 Å². The molecule has 5 aromatic rings. The molecule has 0 amide bonds. The lowest BCUT2D eigenvalue weighted by Crippen LogP contribution is -2.14. The Bertz CT molecular complexity index is 1940. The first-order valence-corrected chi connectivity index (χ1v) is 18.0. The van der Waals surface area contributed by atoms with Crippen LogP contribution in [0.4, 0.5) is 0 Å². The van der Waals surface area contributed by atoms with Gasteiger partial charge in [-0.15, -0.1) is 11.3 Å². The van der Waals surface area contributed by atoms with E-state index in [1.54, 1.807) is 78.2 Å². The fourth-order valence-corrected chi connectivity index (χ4v) is 6.08. The zero-order valence-corrected chi connectivity index (χ0v) is 30.4. The van der Waals surface area contributed by atoms with Crippen LogP contribution in [0.3, 0.4) is 0 Å². The minimum atomic E-state index is -0.471. The maximum absolute atomic E-state index is 13.6. The molecule has 0 fully saturated rings. The molecule has 0 unspecified atom stereocenters. The van der Waals surface area contributed by atoms with Gasteiger partial charge < -0.3 is 14.0 Å². The van der Waals surface area contributed by atoms with E-state index in [1.807, 2.05) is 35.7 Å². The molecule has 54 heavy (non-hydrogen) atoms. The molecule has 0 bridgehead atoms. The maximum atomic E-state index is 13.6. The van der Waals surface area contributed by atoms with E-state index < -0.39 is 11.9 Å². The van der Waals surface area contributed by atoms with Crippen LogP contribution in [0.25, 0.3) is 6.08 Å². The second-order valence-corrected chi connectivity index (χ2v) is 13.3. The summed E-state index contributed by atoms with van der Waals surface area (Å²) in [7, 11) is 0. The van der Waals surface area contributed by atoms with Crippen LogP contribution in [0.5, 0.6) is 0 Å². The number of benzene rings is 3. The highest BCUT2D eigenvalue weighted by molar-refractivity contribution is 7.09. The largest absolute Gasteiger partial charge is 0.457 e. The number of nitrogens with zero attached hydrogens (tertiary/aromatic N) is 4. The van der Waals surface area contributed by atoms with Crippen molar-refractivity contribution in [1.29, 1.82) is 0 Å². The van der Waals surface area contributed by atoms with Crippen LogP contribution < -0.4 is 0 Å². The summed E-state index contributed by atoms with van der Waals surface area (Å²) in [5.41, 5.74) is 5.48. The number of hydrogen-bond acceptors (Lipinski definition) is 14. The molecular formula is C39H42N4O10S. The van der Waals surface area contributed by atoms with Crippen molar-refractivity contribution in [2.45, 2.75) is 65.6 Å². The van der Waals surface area contributed by atoms with E-state index in [0.29, 0.717) is 35.2 Å². The van der Waals surface area contributed by atoms with Gasteiger partial charge in [0, 0.05) is 29.8 Å². The van der Waals surface area contributed by atoms with Gasteiger partial charge >= 0.3 is 11.9 Å². The van der Waals surface area contributed by atoms with Gasteiger partial charge in [0.2, 0.25) is 0 Å². The zero-order valence-electron chi connectivity index (χ0n) is 29.6. The molecule has 0 atom stereocenters. The van der Waals surface area contributed by atoms with Gasteiger partial charge in [0.05, 0.1) is 41.4 Å². The van der Waals surface area contributed by atoms with E-state index in [1.165, 1.54) is 0 Å². The van der Waals surface area contributed by atoms with Crippen LogP contribution in [0, 0.1) is 0 Å². The third-order valence-electron chi connectivity index (χ3n) is 8.26. The van der Waals surface area contributed by atoms with Gasteiger partial charge in [-0.05, 0) is 63.9 Å². The summed E-state index contributed by atoms with van der Waals surface area (Å²) in [5, 5.41) is 36.2. The molecule has 0 saturated carbocycles. The molecule has 0 aliphatic rings. The van der Waals surface area contributed by atoms with Crippen molar-refractivity contribution >= 4 is 29.4 Å². The number of unbranched alkanes of at least 4 members (excludes halogenated alkanes) is 1.